The van der Waals surface area contributed by atoms with Gasteiger partial charge in [-0.3, -0.25) is 0 Å². The van der Waals surface area contributed by atoms with Crippen molar-refractivity contribution in [3.8, 4) is 5.75 Å². The van der Waals surface area contributed by atoms with Crippen LogP contribution in [0.3, 0.4) is 0 Å². The average molecular weight is 350 g/mol. The third-order valence-electron chi connectivity index (χ3n) is 3.59. The van der Waals surface area contributed by atoms with Crippen LogP contribution in [0.15, 0.2) is 42.5 Å². The molecule has 1 N–H and O–H groups in total. The molecule has 5 heteroatoms. The largest absolute Gasteiger partial charge is 0.483 e. The average Bonchev–Trinajstić information content (AvgIpc) is 2.48. The maximum Gasteiger partial charge on any atom is 0.142 e. The van der Waals surface area contributed by atoms with Crippen LogP contribution >= 0.6 is 23.5 Å². The molecule has 1 aliphatic heterocycles. The molecular weight excluding hydrogens is 333 g/mol. The second-order valence-corrected chi connectivity index (χ2v) is 6.93. The Labute approximate surface area is 144 Å². The molecular formula is C18H17ClFNOS. The Hall–Kier alpha value is -1.65. The molecule has 2 aromatic rings. The fourth-order valence-corrected chi connectivity index (χ4v) is 3.13. The number of halogens is 2. The Morgan fingerprint density at radius 1 is 1.17 bits per heavy atom. The second-order valence-electron chi connectivity index (χ2n) is 5.91. The lowest BCUT2D eigenvalue weighted by atomic mass is 9.90. The number of fused-ring (bicyclic) bond motifs is 1. The molecule has 0 saturated carbocycles. The Morgan fingerprint density at radius 2 is 1.96 bits per heavy atom. The summed E-state index contributed by atoms with van der Waals surface area (Å²) in [6.45, 7) is 3.97. The van der Waals surface area contributed by atoms with Crippen molar-refractivity contribution >= 4 is 34.8 Å². The lowest BCUT2D eigenvalue weighted by Gasteiger charge is -2.31. The van der Waals surface area contributed by atoms with Crippen LogP contribution in [0.4, 0.5) is 10.1 Å². The highest BCUT2D eigenvalue weighted by Gasteiger charge is 2.27. The minimum Gasteiger partial charge on any atom is -0.483 e. The molecule has 0 radical (unpaired) electrons. The van der Waals surface area contributed by atoms with Crippen LogP contribution in [0.2, 0.25) is 5.02 Å². The van der Waals surface area contributed by atoms with E-state index in [1.807, 2.05) is 50.4 Å². The van der Waals surface area contributed by atoms with E-state index in [1.165, 1.54) is 18.0 Å². The second kappa shape index (κ2) is 6.10. The minimum atomic E-state index is -0.476. The van der Waals surface area contributed by atoms with Crippen LogP contribution < -0.4 is 9.46 Å². The number of rotatable bonds is 3. The van der Waals surface area contributed by atoms with E-state index in [-0.39, 0.29) is 5.02 Å². The molecule has 0 amide bonds. The lowest BCUT2D eigenvalue weighted by Crippen LogP contribution is -2.29. The van der Waals surface area contributed by atoms with Gasteiger partial charge in [0.15, 0.2) is 0 Å². The molecule has 0 unspecified atom stereocenters. The third kappa shape index (κ3) is 3.33. The first-order valence-electron chi connectivity index (χ1n) is 7.20. The summed E-state index contributed by atoms with van der Waals surface area (Å²) in [6, 6.07) is 10.8. The van der Waals surface area contributed by atoms with Gasteiger partial charge in [0.2, 0.25) is 0 Å². The molecule has 2 nitrogen and oxygen atoms in total. The summed E-state index contributed by atoms with van der Waals surface area (Å²) in [5.74, 6) is 0.360. The van der Waals surface area contributed by atoms with Crippen LogP contribution in [0, 0.1) is 5.82 Å². The molecule has 0 atom stereocenters. The number of hydrogen-bond donors (Lipinski definition) is 1. The molecule has 0 aliphatic carbocycles. The van der Waals surface area contributed by atoms with Crippen molar-refractivity contribution in [3.63, 3.8) is 0 Å². The summed E-state index contributed by atoms with van der Waals surface area (Å²) >= 11 is 7.32. The minimum absolute atomic E-state index is 0.125. The van der Waals surface area contributed by atoms with E-state index >= 15 is 0 Å². The SMILES string of the molecule is CSNc1ccc2c(c1)OC(C)(C)C=C2c1ccc(Cl)c(F)c1. The molecule has 120 valence electrons. The fourth-order valence-electron chi connectivity index (χ4n) is 2.65. The van der Waals surface area contributed by atoms with Crippen LogP contribution in [-0.2, 0) is 0 Å². The van der Waals surface area contributed by atoms with E-state index in [4.69, 9.17) is 16.3 Å². The normalized spacial score (nSPS) is 15.4. The topological polar surface area (TPSA) is 21.3 Å². The van der Waals surface area contributed by atoms with Gasteiger partial charge in [-0.05, 0) is 55.3 Å². The first kappa shape index (κ1) is 16.2. The van der Waals surface area contributed by atoms with Crippen molar-refractivity contribution in [2.45, 2.75) is 19.4 Å². The van der Waals surface area contributed by atoms with Crippen LogP contribution in [0.1, 0.15) is 25.0 Å². The summed E-state index contributed by atoms with van der Waals surface area (Å²) in [4.78, 5) is 0. The molecule has 3 rings (SSSR count). The van der Waals surface area contributed by atoms with Crippen molar-refractivity contribution in [1.82, 2.24) is 0 Å². The quantitative estimate of drug-likeness (QED) is 0.710. The number of benzene rings is 2. The highest BCUT2D eigenvalue weighted by molar-refractivity contribution is 7.99. The fraction of sp³-hybridized carbons (Fsp3) is 0.222. The van der Waals surface area contributed by atoms with Gasteiger partial charge in [-0.2, -0.15) is 0 Å². The van der Waals surface area contributed by atoms with Crippen LogP contribution in [-0.4, -0.2) is 11.9 Å². The van der Waals surface area contributed by atoms with Gasteiger partial charge in [-0.15, -0.1) is 0 Å². The van der Waals surface area contributed by atoms with Crippen molar-refractivity contribution in [2.75, 3.05) is 11.0 Å². The highest BCUT2D eigenvalue weighted by Crippen LogP contribution is 2.41. The zero-order valence-corrected chi connectivity index (χ0v) is 14.7. The van der Waals surface area contributed by atoms with Gasteiger partial charge in [0, 0.05) is 23.6 Å². The van der Waals surface area contributed by atoms with Gasteiger partial charge in [-0.25, -0.2) is 4.39 Å². The van der Waals surface area contributed by atoms with Gasteiger partial charge >= 0.3 is 0 Å². The number of nitrogens with one attached hydrogen (secondary N) is 1. The Balaban J connectivity index is 2.12. The van der Waals surface area contributed by atoms with Gasteiger partial charge < -0.3 is 9.46 Å². The van der Waals surface area contributed by atoms with E-state index < -0.39 is 11.4 Å². The molecule has 0 spiro atoms. The molecule has 0 aromatic heterocycles. The Morgan fingerprint density at radius 3 is 2.65 bits per heavy atom. The predicted octanol–water partition coefficient (Wildman–Crippen LogP) is 5.77. The van der Waals surface area contributed by atoms with Crippen molar-refractivity contribution in [1.29, 1.82) is 0 Å². The number of hydrogen-bond acceptors (Lipinski definition) is 3. The van der Waals surface area contributed by atoms with Crippen molar-refractivity contribution in [3.05, 3.63) is 64.4 Å². The van der Waals surface area contributed by atoms with Crippen LogP contribution in [0.25, 0.3) is 5.57 Å². The van der Waals surface area contributed by atoms with Gasteiger partial charge in [0.05, 0.1) is 5.02 Å². The Kier molecular flexibility index (Phi) is 4.30. The van der Waals surface area contributed by atoms with Crippen LogP contribution in [0.5, 0.6) is 5.75 Å². The molecule has 0 bridgehead atoms. The summed E-state index contributed by atoms with van der Waals surface area (Å²) in [6.07, 6.45) is 3.98. The monoisotopic (exact) mass is 349 g/mol. The van der Waals surface area contributed by atoms with Gasteiger partial charge in [0.1, 0.15) is 17.2 Å². The smallest absolute Gasteiger partial charge is 0.142 e. The zero-order valence-electron chi connectivity index (χ0n) is 13.1. The molecule has 23 heavy (non-hydrogen) atoms. The maximum absolute atomic E-state index is 13.9. The van der Waals surface area contributed by atoms with Crippen molar-refractivity contribution < 1.29 is 9.13 Å². The van der Waals surface area contributed by atoms with E-state index in [0.29, 0.717) is 0 Å². The third-order valence-corrected chi connectivity index (χ3v) is 4.33. The zero-order chi connectivity index (χ0) is 16.6. The first-order valence-corrected chi connectivity index (χ1v) is 8.80. The molecule has 0 fully saturated rings. The van der Waals surface area contributed by atoms with Gasteiger partial charge in [0.25, 0.3) is 0 Å². The molecule has 1 heterocycles. The van der Waals surface area contributed by atoms with E-state index in [9.17, 15) is 4.39 Å². The standard InChI is InChI=1S/C18H17ClFNOS/c1-18(2)10-14(11-4-7-15(19)16(20)8-11)13-6-5-12(21-23-3)9-17(13)22-18/h4-10,21H,1-3H3. The van der Waals surface area contributed by atoms with Crippen molar-refractivity contribution in [2.24, 2.45) is 0 Å². The highest BCUT2D eigenvalue weighted by atomic mass is 35.5. The summed E-state index contributed by atoms with van der Waals surface area (Å²) in [5.41, 5.74) is 3.17. The summed E-state index contributed by atoms with van der Waals surface area (Å²) in [7, 11) is 0. The Bertz CT molecular complexity index is 789. The molecule has 0 saturated heterocycles. The predicted molar refractivity (Wildman–Crippen MR) is 96.8 cm³/mol. The lowest BCUT2D eigenvalue weighted by molar-refractivity contribution is 0.158. The van der Waals surface area contributed by atoms with E-state index in [1.54, 1.807) is 6.07 Å². The summed E-state index contributed by atoms with van der Waals surface area (Å²) in [5, 5.41) is 0.125. The molecule has 2 aromatic carbocycles. The van der Waals surface area contributed by atoms with E-state index in [2.05, 4.69) is 4.72 Å². The molecule has 1 aliphatic rings. The van der Waals surface area contributed by atoms with E-state index in [0.717, 1.165) is 28.1 Å². The maximum atomic E-state index is 13.9. The van der Waals surface area contributed by atoms with Gasteiger partial charge in [-0.1, -0.05) is 29.6 Å². The summed E-state index contributed by atoms with van der Waals surface area (Å²) < 4.78 is 23.1. The number of anilines is 1. The number of ether oxygens (including phenoxy) is 1. The first-order chi connectivity index (χ1) is 10.9.